The van der Waals surface area contributed by atoms with Gasteiger partial charge in [0.2, 0.25) is 0 Å². The maximum atomic E-state index is 12.3. The lowest BCUT2D eigenvalue weighted by Gasteiger charge is -2.33. The zero-order chi connectivity index (χ0) is 19.2. The number of alkyl halides is 2. The van der Waals surface area contributed by atoms with E-state index in [-0.39, 0.29) is 11.7 Å². The third-order valence-corrected chi connectivity index (χ3v) is 4.88. The van der Waals surface area contributed by atoms with E-state index in [1.165, 1.54) is 49.1 Å². The number of benzene rings is 2. The van der Waals surface area contributed by atoms with E-state index in [4.69, 9.17) is 0 Å². The summed E-state index contributed by atoms with van der Waals surface area (Å²) in [5.41, 5.74) is 2.29. The molecule has 1 saturated heterocycles. The van der Waals surface area contributed by atoms with Crippen LogP contribution in [0.3, 0.4) is 0 Å². The lowest BCUT2D eigenvalue weighted by molar-refractivity contribution is -0.0498. The summed E-state index contributed by atoms with van der Waals surface area (Å²) in [6, 6.07) is 14.0. The third kappa shape index (κ3) is 5.50. The summed E-state index contributed by atoms with van der Waals surface area (Å²) in [5.74, 6) is -0.270. The molecule has 6 heteroatoms. The molecule has 1 amide bonds. The van der Waals surface area contributed by atoms with Crippen molar-refractivity contribution >= 4 is 11.6 Å². The van der Waals surface area contributed by atoms with Gasteiger partial charge >= 0.3 is 6.61 Å². The number of amides is 1. The standard InChI is InChI=1S/C21H24F2N2O2/c1-15-4-2-3-13-25(15)14-16-5-9-18(10-6-16)24-20(26)17-7-11-19(12-8-17)27-21(22)23/h5-12,15,21H,2-4,13-14H2,1H3,(H,24,26). The highest BCUT2D eigenvalue weighted by Crippen LogP contribution is 2.20. The van der Waals surface area contributed by atoms with E-state index in [1.807, 2.05) is 24.3 Å². The molecular weight excluding hydrogens is 350 g/mol. The van der Waals surface area contributed by atoms with Crippen molar-refractivity contribution in [3.63, 3.8) is 0 Å². The monoisotopic (exact) mass is 374 g/mol. The Morgan fingerprint density at radius 2 is 1.85 bits per heavy atom. The van der Waals surface area contributed by atoms with Crippen LogP contribution in [0.25, 0.3) is 0 Å². The highest BCUT2D eigenvalue weighted by atomic mass is 19.3. The van der Waals surface area contributed by atoms with Gasteiger partial charge in [0.1, 0.15) is 5.75 Å². The van der Waals surface area contributed by atoms with Crippen molar-refractivity contribution < 1.29 is 18.3 Å². The minimum Gasteiger partial charge on any atom is -0.435 e. The number of likely N-dealkylation sites (tertiary alicyclic amines) is 1. The highest BCUT2D eigenvalue weighted by Gasteiger charge is 2.18. The van der Waals surface area contributed by atoms with Crippen molar-refractivity contribution in [3.05, 3.63) is 59.7 Å². The van der Waals surface area contributed by atoms with E-state index in [0.29, 0.717) is 17.3 Å². The van der Waals surface area contributed by atoms with Gasteiger partial charge in [0, 0.05) is 23.8 Å². The third-order valence-electron chi connectivity index (χ3n) is 4.88. The number of nitrogens with zero attached hydrogens (tertiary/aromatic N) is 1. The Labute approximate surface area is 158 Å². The molecular formula is C21H24F2N2O2. The number of carbonyl (C=O) groups excluding carboxylic acids is 1. The quantitative estimate of drug-likeness (QED) is 0.781. The van der Waals surface area contributed by atoms with Gasteiger partial charge in [-0.1, -0.05) is 18.6 Å². The Bertz CT molecular complexity index is 748. The van der Waals surface area contributed by atoms with Crippen LogP contribution in [0.15, 0.2) is 48.5 Å². The maximum absolute atomic E-state index is 12.3. The maximum Gasteiger partial charge on any atom is 0.387 e. The van der Waals surface area contributed by atoms with Crippen LogP contribution in [0.5, 0.6) is 5.75 Å². The Hall–Kier alpha value is -2.47. The second-order valence-electron chi connectivity index (χ2n) is 6.87. The number of anilines is 1. The largest absolute Gasteiger partial charge is 0.435 e. The van der Waals surface area contributed by atoms with Gasteiger partial charge in [-0.05, 0) is 68.3 Å². The molecule has 144 valence electrons. The number of ether oxygens (including phenoxy) is 1. The molecule has 1 heterocycles. The number of halogens is 2. The van der Waals surface area contributed by atoms with Crippen LogP contribution in [0.2, 0.25) is 0 Å². The number of hydrogen-bond donors (Lipinski definition) is 1. The molecule has 0 bridgehead atoms. The molecule has 0 aromatic heterocycles. The second kappa shape index (κ2) is 8.95. The topological polar surface area (TPSA) is 41.6 Å². The summed E-state index contributed by atoms with van der Waals surface area (Å²) in [6.45, 7) is 1.44. The average molecular weight is 374 g/mol. The molecule has 1 fully saturated rings. The van der Waals surface area contributed by atoms with Gasteiger partial charge in [-0.2, -0.15) is 8.78 Å². The number of piperidine rings is 1. The first-order valence-corrected chi connectivity index (χ1v) is 9.20. The van der Waals surface area contributed by atoms with Crippen LogP contribution in [-0.4, -0.2) is 30.0 Å². The van der Waals surface area contributed by atoms with E-state index in [0.717, 1.165) is 13.1 Å². The molecule has 0 aliphatic carbocycles. The van der Waals surface area contributed by atoms with Crippen molar-refractivity contribution in [2.75, 3.05) is 11.9 Å². The molecule has 3 rings (SSSR count). The number of rotatable bonds is 6. The summed E-state index contributed by atoms with van der Waals surface area (Å²) in [6.07, 6.45) is 3.80. The summed E-state index contributed by atoms with van der Waals surface area (Å²) in [5, 5.41) is 2.82. The Balaban J connectivity index is 1.56. The van der Waals surface area contributed by atoms with Crippen LogP contribution < -0.4 is 10.1 Å². The first-order valence-electron chi connectivity index (χ1n) is 9.20. The Kier molecular flexibility index (Phi) is 6.40. The SMILES string of the molecule is CC1CCCCN1Cc1ccc(NC(=O)c2ccc(OC(F)F)cc2)cc1. The summed E-state index contributed by atoms with van der Waals surface area (Å²) >= 11 is 0. The summed E-state index contributed by atoms with van der Waals surface area (Å²) in [7, 11) is 0. The fraction of sp³-hybridized carbons (Fsp3) is 0.381. The second-order valence-corrected chi connectivity index (χ2v) is 6.87. The van der Waals surface area contributed by atoms with Crippen molar-refractivity contribution in [3.8, 4) is 5.75 Å². The number of nitrogens with one attached hydrogen (secondary N) is 1. The van der Waals surface area contributed by atoms with Gasteiger partial charge in [0.25, 0.3) is 5.91 Å². The van der Waals surface area contributed by atoms with E-state index >= 15 is 0 Å². The molecule has 1 atom stereocenters. The molecule has 1 unspecified atom stereocenters. The van der Waals surface area contributed by atoms with E-state index in [1.54, 1.807) is 0 Å². The predicted octanol–water partition coefficient (Wildman–Crippen LogP) is 4.91. The van der Waals surface area contributed by atoms with Crippen LogP contribution in [0.4, 0.5) is 14.5 Å². The molecule has 0 radical (unpaired) electrons. The van der Waals surface area contributed by atoms with Crippen molar-refractivity contribution in [1.82, 2.24) is 4.90 Å². The van der Waals surface area contributed by atoms with Crippen molar-refractivity contribution in [1.29, 1.82) is 0 Å². The van der Waals surface area contributed by atoms with E-state index in [9.17, 15) is 13.6 Å². The van der Waals surface area contributed by atoms with Gasteiger partial charge in [0.15, 0.2) is 0 Å². The van der Waals surface area contributed by atoms with Crippen LogP contribution >= 0.6 is 0 Å². The van der Waals surface area contributed by atoms with Gasteiger partial charge in [-0.3, -0.25) is 9.69 Å². The van der Waals surface area contributed by atoms with Crippen LogP contribution in [-0.2, 0) is 6.54 Å². The first-order chi connectivity index (χ1) is 13.0. The molecule has 4 nitrogen and oxygen atoms in total. The average Bonchev–Trinajstić information content (AvgIpc) is 2.65. The number of carbonyl (C=O) groups is 1. The Morgan fingerprint density at radius 1 is 1.15 bits per heavy atom. The lowest BCUT2D eigenvalue weighted by Crippen LogP contribution is -2.36. The van der Waals surface area contributed by atoms with Gasteiger partial charge in [0.05, 0.1) is 0 Å². The van der Waals surface area contributed by atoms with Gasteiger partial charge in [-0.25, -0.2) is 0 Å². The Morgan fingerprint density at radius 3 is 2.48 bits per heavy atom. The summed E-state index contributed by atoms with van der Waals surface area (Å²) in [4.78, 5) is 14.8. The van der Waals surface area contributed by atoms with Crippen molar-refractivity contribution in [2.24, 2.45) is 0 Å². The molecule has 1 aliphatic rings. The first kappa shape index (κ1) is 19.3. The fourth-order valence-electron chi connectivity index (χ4n) is 3.31. The fourth-order valence-corrected chi connectivity index (χ4v) is 3.31. The van der Waals surface area contributed by atoms with E-state index in [2.05, 4.69) is 21.9 Å². The van der Waals surface area contributed by atoms with Crippen LogP contribution in [0.1, 0.15) is 42.1 Å². The zero-order valence-corrected chi connectivity index (χ0v) is 15.3. The zero-order valence-electron chi connectivity index (χ0n) is 15.3. The normalized spacial score (nSPS) is 17.7. The molecule has 0 spiro atoms. The smallest absolute Gasteiger partial charge is 0.387 e. The minimum absolute atomic E-state index is 0.0258. The number of hydrogen-bond acceptors (Lipinski definition) is 3. The van der Waals surface area contributed by atoms with E-state index < -0.39 is 6.61 Å². The minimum atomic E-state index is -2.88. The molecule has 2 aromatic rings. The lowest BCUT2D eigenvalue weighted by atomic mass is 10.0. The molecule has 0 saturated carbocycles. The van der Waals surface area contributed by atoms with Gasteiger partial charge in [-0.15, -0.1) is 0 Å². The molecule has 1 aliphatic heterocycles. The predicted molar refractivity (Wildman–Crippen MR) is 101 cm³/mol. The molecule has 1 N–H and O–H groups in total. The molecule has 2 aromatic carbocycles. The van der Waals surface area contributed by atoms with Gasteiger partial charge < -0.3 is 10.1 Å². The van der Waals surface area contributed by atoms with Crippen molar-refractivity contribution in [2.45, 2.75) is 45.4 Å². The highest BCUT2D eigenvalue weighted by molar-refractivity contribution is 6.04. The molecule has 27 heavy (non-hydrogen) atoms. The summed E-state index contributed by atoms with van der Waals surface area (Å²) < 4.78 is 28.6. The van der Waals surface area contributed by atoms with Crippen LogP contribution in [0, 0.1) is 0 Å².